The van der Waals surface area contributed by atoms with E-state index in [0.717, 1.165) is 16.9 Å². The summed E-state index contributed by atoms with van der Waals surface area (Å²) >= 11 is 0. The van der Waals surface area contributed by atoms with Gasteiger partial charge in [-0.05, 0) is 36.4 Å². The quantitative estimate of drug-likeness (QED) is 0.379. The predicted molar refractivity (Wildman–Crippen MR) is 127 cm³/mol. The highest BCUT2D eigenvalue weighted by atomic mass is 16.5. The molecule has 0 aliphatic heterocycles. The zero-order chi connectivity index (χ0) is 22.9. The second-order valence-corrected chi connectivity index (χ2v) is 7.37. The molecule has 0 unspecified atom stereocenters. The van der Waals surface area contributed by atoms with Gasteiger partial charge in [-0.15, -0.1) is 0 Å². The lowest BCUT2D eigenvalue weighted by atomic mass is 10.3. The van der Waals surface area contributed by atoms with E-state index in [9.17, 15) is 4.79 Å². The van der Waals surface area contributed by atoms with Crippen molar-refractivity contribution in [1.29, 1.82) is 0 Å². The summed E-state index contributed by atoms with van der Waals surface area (Å²) in [6, 6.07) is 24.9. The molecule has 1 heterocycles. The molecule has 0 radical (unpaired) electrons. The summed E-state index contributed by atoms with van der Waals surface area (Å²) in [5.74, 6) is 2.81. The standard InChI is InChI=1S/C26H27N3O4/c1-31-23-13-7-8-14-24(23)32-18-17-29-22-12-6-5-11-21(22)28-25(29)15-16-27-26(30)19-33-20-9-3-2-4-10-20/h2-14H,15-19H2,1H3,(H,27,30). The fourth-order valence-electron chi connectivity index (χ4n) is 3.58. The first-order chi connectivity index (χ1) is 16.2. The number of carbonyl (C=O) groups is 1. The van der Waals surface area contributed by atoms with Crippen LogP contribution in [-0.4, -0.2) is 42.3 Å². The zero-order valence-electron chi connectivity index (χ0n) is 18.6. The summed E-state index contributed by atoms with van der Waals surface area (Å²) in [5, 5.41) is 2.90. The van der Waals surface area contributed by atoms with Crippen LogP contribution in [0.5, 0.6) is 17.2 Å². The molecular formula is C26H27N3O4. The Morgan fingerprint density at radius 3 is 2.45 bits per heavy atom. The summed E-state index contributed by atoms with van der Waals surface area (Å²) in [6.45, 7) is 1.53. The molecule has 170 valence electrons. The molecule has 3 aromatic carbocycles. The third-order valence-corrected chi connectivity index (χ3v) is 5.16. The van der Waals surface area contributed by atoms with Crippen molar-refractivity contribution in [3.8, 4) is 17.2 Å². The Bertz CT molecular complexity index is 1190. The number of para-hydroxylation sites is 5. The van der Waals surface area contributed by atoms with E-state index < -0.39 is 0 Å². The lowest BCUT2D eigenvalue weighted by Gasteiger charge is -2.13. The van der Waals surface area contributed by atoms with Gasteiger partial charge in [0, 0.05) is 13.0 Å². The molecule has 0 fully saturated rings. The van der Waals surface area contributed by atoms with Crippen LogP contribution in [0.3, 0.4) is 0 Å². The Morgan fingerprint density at radius 1 is 0.909 bits per heavy atom. The Morgan fingerprint density at radius 2 is 1.64 bits per heavy atom. The van der Waals surface area contributed by atoms with Gasteiger partial charge in [-0.1, -0.05) is 42.5 Å². The number of carbonyl (C=O) groups excluding carboxylic acids is 1. The largest absolute Gasteiger partial charge is 0.493 e. The normalized spacial score (nSPS) is 10.7. The lowest BCUT2D eigenvalue weighted by molar-refractivity contribution is -0.123. The van der Waals surface area contributed by atoms with Gasteiger partial charge in [-0.25, -0.2) is 4.98 Å². The summed E-state index contributed by atoms with van der Waals surface area (Å²) in [5.41, 5.74) is 1.96. The van der Waals surface area contributed by atoms with Crippen molar-refractivity contribution in [3.05, 3.63) is 84.7 Å². The molecule has 33 heavy (non-hydrogen) atoms. The van der Waals surface area contributed by atoms with Crippen LogP contribution in [0.15, 0.2) is 78.9 Å². The summed E-state index contributed by atoms with van der Waals surface area (Å²) in [7, 11) is 1.63. The van der Waals surface area contributed by atoms with Crippen molar-refractivity contribution in [1.82, 2.24) is 14.9 Å². The van der Waals surface area contributed by atoms with Crippen LogP contribution >= 0.6 is 0 Å². The van der Waals surface area contributed by atoms with Crippen LogP contribution in [0.2, 0.25) is 0 Å². The SMILES string of the molecule is COc1ccccc1OCCn1c(CCNC(=O)COc2ccccc2)nc2ccccc21. The third kappa shape index (κ3) is 5.83. The molecule has 7 heteroatoms. The number of nitrogens with zero attached hydrogens (tertiary/aromatic N) is 2. The van der Waals surface area contributed by atoms with Crippen LogP contribution < -0.4 is 19.5 Å². The molecule has 0 aliphatic carbocycles. The second kappa shape index (κ2) is 11.0. The van der Waals surface area contributed by atoms with Crippen molar-refractivity contribution in [3.63, 3.8) is 0 Å². The van der Waals surface area contributed by atoms with Gasteiger partial charge in [0.1, 0.15) is 18.2 Å². The van der Waals surface area contributed by atoms with Gasteiger partial charge in [0.2, 0.25) is 0 Å². The number of nitrogens with one attached hydrogen (secondary N) is 1. The van der Waals surface area contributed by atoms with Crippen molar-refractivity contribution >= 4 is 16.9 Å². The van der Waals surface area contributed by atoms with Gasteiger partial charge in [0.05, 0.1) is 24.7 Å². The number of fused-ring (bicyclic) bond motifs is 1. The average molecular weight is 446 g/mol. The van der Waals surface area contributed by atoms with Gasteiger partial charge in [0.15, 0.2) is 18.1 Å². The number of methoxy groups -OCH3 is 1. The Labute approximate surface area is 192 Å². The molecule has 0 saturated carbocycles. The topological polar surface area (TPSA) is 74.6 Å². The molecule has 0 aliphatic rings. The fourth-order valence-corrected chi connectivity index (χ4v) is 3.58. The summed E-state index contributed by atoms with van der Waals surface area (Å²) in [6.07, 6.45) is 0.598. The van der Waals surface area contributed by atoms with E-state index in [0.29, 0.717) is 43.4 Å². The van der Waals surface area contributed by atoms with Crippen molar-refractivity contribution < 1.29 is 19.0 Å². The van der Waals surface area contributed by atoms with Crippen LogP contribution in [0.25, 0.3) is 11.0 Å². The second-order valence-electron chi connectivity index (χ2n) is 7.37. The highest BCUT2D eigenvalue weighted by Gasteiger charge is 2.12. The monoisotopic (exact) mass is 445 g/mol. The number of hydrogen-bond donors (Lipinski definition) is 1. The predicted octanol–water partition coefficient (Wildman–Crippen LogP) is 3.86. The van der Waals surface area contributed by atoms with Gasteiger partial charge in [-0.2, -0.15) is 0 Å². The number of imidazole rings is 1. The minimum absolute atomic E-state index is 0.0207. The molecule has 0 bridgehead atoms. The third-order valence-electron chi connectivity index (χ3n) is 5.16. The Balaban J connectivity index is 1.35. The Kier molecular flexibility index (Phi) is 7.43. The number of amides is 1. The highest BCUT2D eigenvalue weighted by molar-refractivity contribution is 5.77. The number of rotatable bonds is 11. The van der Waals surface area contributed by atoms with E-state index in [4.69, 9.17) is 19.2 Å². The molecule has 4 aromatic rings. The maximum atomic E-state index is 12.2. The van der Waals surface area contributed by atoms with Crippen molar-refractivity contribution in [2.75, 3.05) is 26.9 Å². The molecule has 7 nitrogen and oxygen atoms in total. The smallest absolute Gasteiger partial charge is 0.257 e. The first kappa shape index (κ1) is 22.2. The van der Waals surface area contributed by atoms with Crippen molar-refractivity contribution in [2.24, 2.45) is 0 Å². The number of aromatic nitrogens is 2. The molecular weight excluding hydrogens is 418 g/mol. The van der Waals surface area contributed by atoms with Crippen LogP contribution in [0, 0.1) is 0 Å². The first-order valence-electron chi connectivity index (χ1n) is 10.9. The van der Waals surface area contributed by atoms with Gasteiger partial charge in [-0.3, -0.25) is 4.79 Å². The van der Waals surface area contributed by atoms with Gasteiger partial charge in [0.25, 0.3) is 5.91 Å². The van der Waals surface area contributed by atoms with Crippen LogP contribution in [0.4, 0.5) is 0 Å². The van der Waals surface area contributed by atoms with Gasteiger partial charge >= 0.3 is 0 Å². The van der Waals surface area contributed by atoms with E-state index in [1.54, 1.807) is 7.11 Å². The first-order valence-corrected chi connectivity index (χ1v) is 10.9. The average Bonchev–Trinajstić information content (AvgIpc) is 3.21. The van der Waals surface area contributed by atoms with E-state index in [-0.39, 0.29) is 12.5 Å². The van der Waals surface area contributed by atoms with E-state index >= 15 is 0 Å². The van der Waals surface area contributed by atoms with Crippen molar-refractivity contribution in [2.45, 2.75) is 13.0 Å². The number of hydrogen-bond acceptors (Lipinski definition) is 5. The zero-order valence-corrected chi connectivity index (χ0v) is 18.6. The minimum atomic E-state index is -0.166. The highest BCUT2D eigenvalue weighted by Crippen LogP contribution is 2.26. The van der Waals surface area contributed by atoms with Crippen LogP contribution in [0.1, 0.15) is 5.82 Å². The molecule has 1 amide bonds. The molecule has 0 spiro atoms. The van der Waals surface area contributed by atoms with E-state index in [1.807, 2.05) is 78.9 Å². The molecule has 0 atom stereocenters. The number of ether oxygens (including phenoxy) is 3. The van der Waals surface area contributed by atoms with E-state index in [1.165, 1.54) is 0 Å². The van der Waals surface area contributed by atoms with Gasteiger partial charge < -0.3 is 24.1 Å². The maximum absolute atomic E-state index is 12.2. The fraction of sp³-hybridized carbons (Fsp3) is 0.231. The minimum Gasteiger partial charge on any atom is -0.493 e. The van der Waals surface area contributed by atoms with Crippen LogP contribution in [-0.2, 0) is 17.8 Å². The number of benzene rings is 3. The summed E-state index contributed by atoms with van der Waals surface area (Å²) < 4.78 is 19.0. The lowest BCUT2D eigenvalue weighted by Crippen LogP contribution is -2.31. The Hall–Kier alpha value is -4.00. The molecule has 0 saturated heterocycles. The molecule has 1 N–H and O–H groups in total. The molecule has 4 rings (SSSR count). The summed E-state index contributed by atoms with van der Waals surface area (Å²) in [4.78, 5) is 16.9. The maximum Gasteiger partial charge on any atom is 0.257 e. The van der Waals surface area contributed by atoms with E-state index in [2.05, 4.69) is 9.88 Å². The molecule has 1 aromatic heterocycles.